The summed E-state index contributed by atoms with van der Waals surface area (Å²) in [5.74, 6) is -0.453. The Kier molecular flexibility index (Phi) is 3.46. The van der Waals surface area contributed by atoms with E-state index in [4.69, 9.17) is 4.42 Å². The Balaban J connectivity index is 2.00. The normalized spacial score (nSPS) is 14.3. The first-order chi connectivity index (χ1) is 11.7. The first-order valence-electron chi connectivity index (χ1n) is 8.03. The summed E-state index contributed by atoms with van der Waals surface area (Å²) in [6.45, 7) is 3.45. The SMILES string of the molecule is Cc1c(-c2ccccc2)c(F)c2oc(N3CCCC3)nc2c1C#N. The third-order valence-corrected chi connectivity index (χ3v) is 4.57. The van der Waals surface area contributed by atoms with Crippen molar-refractivity contribution >= 4 is 17.1 Å². The van der Waals surface area contributed by atoms with E-state index >= 15 is 4.39 Å². The number of anilines is 1. The third-order valence-electron chi connectivity index (χ3n) is 4.57. The van der Waals surface area contributed by atoms with Crippen molar-refractivity contribution in [3.63, 3.8) is 0 Å². The highest BCUT2D eigenvalue weighted by molar-refractivity contribution is 5.90. The first-order valence-corrected chi connectivity index (χ1v) is 8.03. The number of hydrogen-bond donors (Lipinski definition) is 0. The van der Waals surface area contributed by atoms with Crippen LogP contribution in [0.3, 0.4) is 0 Å². The topological polar surface area (TPSA) is 53.1 Å². The van der Waals surface area contributed by atoms with Gasteiger partial charge < -0.3 is 9.32 Å². The molecule has 4 nitrogen and oxygen atoms in total. The van der Waals surface area contributed by atoms with Gasteiger partial charge in [0.1, 0.15) is 11.6 Å². The molecule has 1 saturated heterocycles. The van der Waals surface area contributed by atoms with Gasteiger partial charge in [0.25, 0.3) is 6.01 Å². The lowest BCUT2D eigenvalue weighted by Crippen LogP contribution is -2.17. The van der Waals surface area contributed by atoms with Crippen LogP contribution in [-0.2, 0) is 0 Å². The highest BCUT2D eigenvalue weighted by Crippen LogP contribution is 2.37. The standard InChI is InChI=1S/C19H16FN3O/c1-12-14(11-21)17-18(24-19(22-17)23-9-5-6-10-23)16(20)15(12)13-7-3-2-4-8-13/h2-4,7-8H,5-6,9-10H2,1H3. The van der Waals surface area contributed by atoms with Crippen LogP contribution in [0.2, 0.25) is 0 Å². The van der Waals surface area contributed by atoms with E-state index in [1.165, 1.54) is 0 Å². The zero-order valence-corrected chi connectivity index (χ0v) is 13.3. The summed E-state index contributed by atoms with van der Waals surface area (Å²) in [5.41, 5.74) is 2.48. The molecule has 1 aliphatic heterocycles. The van der Waals surface area contributed by atoms with E-state index in [9.17, 15) is 5.26 Å². The first kappa shape index (κ1) is 14.7. The summed E-state index contributed by atoms with van der Waals surface area (Å²) in [6, 6.07) is 11.8. The van der Waals surface area contributed by atoms with Crippen LogP contribution < -0.4 is 4.90 Å². The molecule has 2 aromatic carbocycles. The van der Waals surface area contributed by atoms with E-state index in [0.29, 0.717) is 28.2 Å². The number of nitriles is 1. The molecular weight excluding hydrogens is 305 g/mol. The summed E-state index contributed by atoms with van der Waals surface area (Å²) in [4.78, 5) is 6.42. The van der Waals surface area contributed by atoms with Crippen molar-refractivity contribution in [2.24, 2.45) is 0 Å². The van der Waals surface area contributed by atoms with Crippen LogP contribution in [-0.4, -0.2) is 18.1 Å². The third kappa shape index (κ3) is 2.15. The van der Waals surface area contributed by atoms with Crippen molar-refractivity contribution in [3.8, 4) is 17.2 Å². The zero-order chi connectivity index (χ0) is 16.7. The quantitative estimate of drug-likeness (QED) is 0.701. The molecule has 1 fully saturated rings. The molecule has 0 N–H and O–H groups in total. The molecule has 3 aromatic rings. The molecule has 0 amide bonds. The van der Waals surface area contributed by atoms with Gasteiger partial charge >= 0.3 is 0 Å². The predicted octanol–water partition coefficient (Wildman–Crippen LogP) is 4.41. The number of hydrogen-bond acceptors (Lipinski definition) is 4. The van der Waals surface area contributed by atoms with Crippen LogP contribution in [0, 0.1) is 24.1 Å². The number of fused-ring (bicyclic) bond motifs is 1. The summed E-state index contributed by atoms with van der Waals surface area (Å²) in [5, 5.41) is 9.59. The van der Waals surface area contributed by atoms with Gasteiger partial charge in [-0.05, 0) is 30.9 Å². The molecule has 0 saturated carbocycles. The molecule has 4 rings (SSSR count). The monoisotopic (exact) mass is 321 g/mol. The van der Waals surface area contributed by atoms with E-state index in [1.807, 2.05) is 35.2 Å². The number of rotatable bonds is 2. The van der Waals surface area contributed by atoms with Gasteiger partial charge in [0.05, 0.1) is 5.56 Å². The van der Waals surface area contributed by atoms with Gasteiger partial charge in [0.2, 0.25) is 0 Å². The minimum Gasteiger partial charge on any atom is -0.420 e. The fourth-order valence-electron chi connectivity index (χ4n) is 3.34. The molecule has 0 aliphatic carbocycles. The Morgan fingerprint density at radius 2 is 1.92 bits per heavy atom. The van der Waals surface area contributed by atoms with Gasteiger partial charge in [-0.1, -0.05) is 30.3 Å². The highest BCUT2D eigenvalue weighted by atomic mass is 19.1. The van der Waals surface area contributed by atoms with Gasteiger partial charge in [0, 0.05) is 18.7 Å². The Labute approximate surface area is 139 Å². The van der Waals surface area contributed by atoms with Gasteiger partial charge in [0.15, 0.2) is 11.4 Å². The van der Waals surface area contributed by atoms with E-state index < -0.39 is 5.82 Å². The fourth-order valence-corrected chi connectivity index (χ4v) is 3.34. The number of benzene rings is 2. The molecule has 0 radical (unpaired) electrons. The fraction of sp³-hybridized carbons (Fsp3) is 0.263. The van der Waals surface area contributed by atoms with Crippen LogP contribution in [0.5, 0.6) is 0 Å². The van der Waals surface area contributed by atoms with Crippen LogP contribution in [0.1, 0.15) is 24.0 Å². The van der Waals surface area contributed by atoms with E-state index in [0.717, 1.165) is 31.5 Å². The number of halogens is 1. The van der Waals surface area contributed by atoms with Crippen LogP contribution in [0.25, 0.3) is 22.2 Å². The molecule has 24 heavy (non-hydrogen) atoms. The molecule has 5 heteroatoms. The molecule has 0 unspecified atom stereocenters. The molecule has 1 aliphatic rings. The summed E-state index contributed by atoms with van der Waals surface area (Å²) in [6.07, 6.45) is 2.14. The van der Waals surface area contributed by atoms with E-state index in [1.54, 1.807) is 6.92 Å². The molecule has 0 atom stereocenters. The molecule has 120 valence electrons. The highest BCUT2D eigenvalue weighted by Gasteiger charge is 2.25. The average molecular weight is 321 g/mol. The lowest BCUT2D eigenvalue weighted by molar-refractivity contribution is 0.548. The smallest absolute Gasteiger partial charge is 0.298 e. The summed E-state index contributed by atoms with van der Waals surface area (Å²) < 4.78 is 20.9. The maximum absolute atomic E-state index is 15.2. The largest absolute Gasteiger partial charge is 0.420 e. The number of aromatic nitrogens is 1. The van der Waals surface area contributed by atoms with Gasteiger partial charge in [-0.3, -0.25) is 0 Å². The molecular formula is C19H16FN3O. The van der Waals surface area contributed by atoms with Crippen LogP contribution in [0.15, 0.2) is 34.7 Å². The average Bonchev–Trinajstić information content (AvgIpc) is 3.26. The minimum atomic E-state index is -0.453. The van der Waals surface area contributed by atoms with E-state index in [-0.39, 0.29) is 5.58 Å². The van der Waals surface area contributed by atoms with Crippen molar-refractivity contribution in [2.45, 2.75) is 19.8 Å². The molecule has 1 aromatic heterocycles. The maximum Gasteiger partial charge on any atom is 0.298 e. The van der Waals surface area contributed by atoms with Crippen molar-refractivity contribution in [2.75, 3.05) is 18.0 Å². The number of oxazole rings is 1. The zero-order valence-electron chi connectivity index (χ0n) is 13.3. The second kappa shape index (κ2) is 5.64. The Hall–Kier alpha value is -2.87. The Morgan fingerprint density at radius 3 is 2.58 bits per heavy atom. The minimum absolute atomic E-state index is 0.0675. The molecule has 2 heterocycles. The molecule has 0 bridgehead atoms. The van der Waals surface area contributed by atoms with Crippen molar-refractivity contribution < 1.29 is 8.81 Å². The van der Waals surface area contributed by atoms with E-state index in [2.05, 4.69) is 11.1 Å². The van der Waals surface area contributed by atoms with Crippen LogP contribution in [0.4, 0.5) is 10.4 Å². The Bertz CT molecular complexity index is 950. The Morgan fingerprint density at radius 1 is 1.21 bits per heavy atom. The maximum atomic E-state index is 15.2. The van der Waals surface area contributed by atoms with Crippen molar-refractivity contribution in [1.82, 2.24) is 4.98 Å². The lowest BCUT2D eigenvalue weighted by Gasteiger charge is -2.10. The van der Waals surface area contributed by atoms with Gasteiger partial charge in [-0.15, -0.1) is 0 Å². The lowest BCUT2D eigenvalue weighted by atomic mass is 9.95. The number of nitrogens with zero attached hydrogens (tertiary/aromatic N) is 3. The van der Waals surface area contributed by atoms with Gasteiger partial charge in [-0.2, -0.15) is 10.2 Å². The van der Waals surface area contributed by atoms with Crippen molar-refractivity contribution in [1.29, 1.82) is 5.26 Å². The van der Waals surface area contributed by atoms with Gasteiger partial charge in [-0.25, -0.2) is 4.39 Å². The summed E-state index contributed by atoms with van der Waals surface area (Å²) >= 11 is 0. The molecule has 0 spiro atoms. The van der Waals surface area contributed by atoms with Crippen molar-refractivity contribution in [3.05, 3.63) is 47.3 Å². The summed E-state index contributed by atoms with van der Waals surface area (Å²) in [7, 11) is 0. The predicted molar refractivity (Wildman–Crippen MR) is 90.3 cm³/mol. The second-order valence-corrected chi connectivity index (χ2v) is 6.04. The van der Waals surface area contributed by atoms with Crippen LogP contribution >= 0.6 is 0 Å². The second-order valence-electron chi connectivity index (χ2n) is 6.04.